The predicted molar refractivity (Wildman–Crippen MR) is 53.5 cm³/mol. The molecule has 0 heterocycles. The van der Waals surface area contributed by atoms with Crippen LogP contribution in [0.2, 0.25) is 0 Å². The lowest BCUT2D eigenvalue weighted by atomic mass is 10.2. The topological polar surface area (TPSA) is 55.1 Å². The molecule has 0 saturated carbocycles. The normalized spacial score (nSPS) is 10.6. The molecule has 3 N–H and O–H groups in total. The standard InChI is InChI=1S/C8H12N2OS/c1-3-5-6(4-2)7(11)10-8(9)12/h4-5H,2-3H2,1H3,(H3,9,10,11,12)/b6-5+. The molecule has 0 saturated heterocycles. The lowest BCUT2D eigenvalue weighted by Crippen LogP contribution is -2.35. The Balaban J connectivity index is 4.32. The fraction of sp³-hybridized carbons (Fsp3) is 0.250. The number of thiocarbonyl (C=S) groups is 1. The Bertz CT molecular complexity index is 233. The van der Waals surface area contributed by atoms with Gasteiger partial charge < -0.3 is 5.73 Å². The molecule has 0 aliphatic rings. The molecule has 0 aromatic heterocycles. The first-order chi connectivity index (χ1) is 5.61. The van der Waals surface area contributed by atoms with Gasteiger partial charge in [0.25, 0.3) is 5.91 Å². The minimum absolute atomic E-state index is 0.0242. The summed E-state index contributed by atoms with van der Waals surface area (Å²) in [6.07, 6.45) is 3.99. The third-order valence-corrected chi connectivity index (χ3v) is 1.24. The van der Waals surface area contributed by atoms with E-state index in [9.17, 15) is 4.79 Å². The van der Waals surface area contributed by atoms with Crippen LogP contribution >= 0.6 is 12.2 Å². The van der Waals surface area contributed by atoms with E-state index in [4.69, 9.17) is 5.73 Å². The maximum absolute atomic E-state index is 11.2. The number of hydrogen-bond donors (Lipinski definition) is 2. The average Bonchev–Trinajstić information content (AvgIpc) is 1.98. The van der Waals surface area contributed by atoms with Gasteiger partial charge in [0.2, 0.25) is 0 Å². The smallest absolute Gasteiger partial charge is 0.257 e. The zero-order valence-corrected chi connectivity index (χ0v) is 7.78. The first-order valence-corrected chi connectivity index (χ1v) is 3.96. The molecule has 0 radical (unpaired) electrons. The Kier molecular flexibility index (Phi) is 4.96. The van der Waals surface area contributed by atoms with E-state index in [-0.39, 0.29) is 11.0 Å². The highest BCUT2D eigenvalue weighted by Gasteiger charge is 2.04. The van der Waals surface area contributed by atoms with Gasteiger partial charge in [-0.05, 0) is 18.6 Å². The van der Waals surface area contributed by atoms with Crippen molar-refractivity contribution in [3.05, 3.63) is 24.3 Å². The van der Waals surface area contributed by atoms with Gasteiger partial charge in [-0.1, -0.05) is 25.7 Å². The predicted octanol–water partition coefficient (Wildman–Crippen LogP) is 0.869. The number of rotatable bonds is 3. The number of nitrogens with one attached hydrogen (secondary N) is 1. The van der Waals surface area contributed by atoms with Crippen LogP contribution in [0.5, 0.6) is 0 Å². The van der Waals surface area contributed by atoms with Crippen LogP contribution in [0.3, 0.4) is 0 Å². The minimum Gasteiger partial charge on any atom is -0.376 e. The summed E-state index contributed by atoms with van der Waals surface area (Å²) in [7, 11) is 0. The summed E-state index contributed by atoms with van der Waals surface area (Å²) in [6, 6.07) is 0. The average molecular weight is 184 g/mol. The van der Waals surface area contributed by atoms with Crippen LogP contribution in [0, 0.1) is 0 Å². The van der Waals surface area contributed by atoms with E-state index in [1.165, 1.54) is 6.08 Å². The molecule has 0 atom stereocenters. The Morgan fingerprint density at radius 3 is 2.67 bits per heavy atom. The van der Waals surface area contributed by atoms with Crippen LogP contribution in [0.1, 0.15) is 13.3 Å². The summed E-state index contributed by atoms with van der Waals surface area (Å²) in [5.74, 6) is -0.306. The van der Waals surface area contributed by atoms with Crippen molar-refractivity contribution in [1.29, 1.82) is 0 Å². The van der Waals surface area contributed by atoms with Gasteiger partial charge in [0.15, 0.2) is 5.11 Å². The molecule has 0 aromatic rings. The Hall–Kier alpha value is -1.16. The van der Waals surface area contributed by atoms with Gasteiger partial charge in [-0.3, -0.25) is 10.1 Å². The quantitative estimate of drug-likeness (QED) is 0.389. The summed E-state index contributed by atoms with van der Waals surface area (Å²) in [4.78, 5) is 11.2. The molecule has 0 bridgehead atoms. The van der Waals surface area contributed by atoms with Crippen molar-refractivity contribution < 1.29 is 4.79 Å². The van der Waals surface area contributed by atoms with Crippen molar-refractivity contribution in [2.45, 2.75) is 13.3 Å². The van der Waals surface area contributed by atoms with Gasteiger partial charge in [0.1, 0.15) is 0 Å². The van der Waals surface area contributed by atoms with Crippen LogP contribution in [0.4, 0.5) is 0 Å². The van der Waals surface area contributed by atoms with Crippen LogP contribution in [0.15, 0.2) is 24.3 Å². The van der Waals surface area contributed by atoms with E-state index in [1.807, 2.05) is 6.92 Å². The maximum atomic E-state index is 11.2. The number of allylic oxidation sites excluding steroid dienone is 1. The first-order valence-electron chi connectivity index (χ1n) is 3.55. The summed E-state index contributed by atoms with van der Waals surface area (Å²) in [5, 5.41) is 2.29. The molecule has 0 spiro atoms. The highest BCUT2D eigenvalue weighted by atomic mass is 32.1. The molecule has 4 heteroatoms. The second-order valence-corrected chi connectivity index (χ2v) is 2.53. The molecule has 0 aliphatic heterocycles. The summed E-state index contributed by atoms with van der Waals surface area (Å²) >= 11 is 4.51. The number of hydrogen-bond acceptors (Lipinski definition) is 2. The largest absolute Gasteiger partial charge is 0.376 e. The summed E-state index contributed by atoms with van der Waals surface area (Å²) in [5.41, 5.74) is 5.61. The SMILES string of the molecule is C=C/C(=C\CC)C(=O)NC(N)=S. The molecule has 1 amide bonds. The fourth-order valence-corrected chi connectivity index (χ4v) is 0.765. The summed E-state index contributed by atoms with van der Waals surface area (Å²) in [6.45, 7) is 5.42. The minimum atomic E-state index is -0.306. The van der Waals surface area contributed by atoms with E-state index >= 15 is 0 Å². The Labute approximate surface area is 77.3 Å². The molecular formula is C8H12N2OS. The van der Waals surface area contributed by atoms with Gasteiger partial charge in [0, 0.05) is 5.57 Å². The molecule has 0 aromatic carbocycles. The molecule has 12 heavy (non-hydrogen) atoms. The highest BCUT2D eigenvalue weighted by Crippen LogP contribution is 1.97. The molecule has 66 valence electrons. The lowest BCUT2D eigenvalue weighted by molar-refractivity contribution is -0.115. The van der Waals surface area contributed by atoms with Crippen molar-refractivity contribution in [3.63, 3.8) is 0 Å². The lowest BCUT2D eigenvalue weighted by Gasteiger charge is -2.01. The second kappa shape index (κ2) is 5.49. The van der Waals surface area contributed by atoms with Gasteiger partial charge in [-0.2, -0.15) is 0 Å². The number of amides is 1. The highest BCUT2D eigenvalue weighted by molar-refractivity contribution is 7.80. The van der Waals surface area contributed by atoms with Crippen molar-refractivity contribution >= 4 is 23.2 Å². The number of carbonyl (C=O) groups excluding carboxylic acids is 1. The van der Waals surface area contributed by atoms with Crippen molar-refractivity contribution in [1.82, 2.24) is 5.32 Å². The third kappa shape index (κ3) is 3.88. The monoisotopic (exact) mass is 184 g/mol. The van der Waals surface area contributed by atoms with Crippen LogP contribution in [0.25, 0.3) is 0 Å². The van der Waals surface area contributed by atoms with Crippen LogP contribution < -0.4 is 11.1 Å². The molecule has 3 nitrogen and oxygen atoms in total. The molecule has 0 rings (SSSR count). The maximum Gasteiger partial charge on any atom is 0.257 e. The van der Waals surface area contributed by atoms with Crippen molar-refractivity contribution in [3.8, 4) is 0 Å². The zero-order chi connectivity index (χ0) is 9.56. The molecular weight excluding hydrogens is 172 g/mol. The zero-order valence-electron chi connectivity index (χ0n) is 6.96. The van der Waals surface area contributed by atoms with E-state index in [0.29, 0.717) is 5.57 Å². The van der Waals surface area contributed by atoms with Crippen molar-refractivity contribution in [2.75, 3.05) is 0 Å². The van der Waals surface area contributed by atoms with E-state index < -0.39 is 0 Å². The van der Waals surface area contributed by atoms with Gasteiger partial charge in [-0.25, -0.2) is 0 Å². The third-order valence-electron chi connectivity index (χ3n) is 1.14. The van der Waals surface area contributed by atoms with E-state index in [0.717, 1.165) is 6.42 Å². The molecule has 0 aliphatic carbocycles. The first kappa shape index (κ1) is 10.8. The van der Waals surface area contributed by atoms with Crippen molar-refractivity contribution in [2.24, 2.45) is 5.73 Å². The second-order valence-electron chi connectivity index (χ2n) is 2.09. The molecule has 0 fully saturated rings. The van der Waals surface area contributed by atoms with Crippen LogP contribution in [-0.4, -0.2) is 11.0 Å². The fourth-order valence-electron chi connectivity index (χ4n) is 0.673. The van der Waals surface area contributed by atoms with Gasteiger partial charge in [0.05, 0.1) is 0 Å². The van der Waals surface area contributed by atoms with E-state index in [1.54, 1.807) is 6.08 Å². The summed E-state index contributed by atoms with van der Waals surface area (Å²) < 4.78 is 0. The van der Waals surface area contributed by atoms with E-state index in [2.05, 4.69) is 24.1 Å². The number of carbonyl (C=O) groups is 1. The Morgan fingerprint density at radius 2 is 2.33 bits per heavy atom. The molecule has 0 unspecified atom stereocenters. The number of nitrogens with two attached hydrogens (primary N) is 1. The van der Waals surface area contributed by atoms with Gasteiger partial charge in [-0.15, -0.1) is 0 Å². The Morgan fingerprint density at radius 1 is 1.75 bits per heavy atom. The van der Waals surface area contributed by atoms with Gasteiger partial charge >= 0.3 is 0 Å². The van der Waals surface area contributed by atoms with Crippen LogP contribution in [-0.2, 0) is 4.79 Å².